The number of para-hydroxylation sites is 1. The van der Waals surface area contributed by atoms with E-state index >= 15 is 0 Å². The molecule has 2 fully saturated rings. The Morgan fingerprint density at radius 1 is 1.32 bits per heavy atom. The van der Waals surface area contributed by atoms with Crippen molar-refractivity contribution < 1.29 is 18.3 Å². The number of nitrogens with zero attached hydrogens (tertiary/aromatic N) is 1. The van der Waals surface area contributed by atoms with Gasteiger partial charge in [-0.2, -0.15) is 0 Å². The lowest BCUT2D eigenvalue weighted by molar-refractivity contribution is 0.100. The first-order valence-corrected chi connectivity index (χ1v) is 10.2. The molecular weight excluding hydrogens is 342 g/mol. The van der Waals surface area contributed by atoms with Crippen molar-refractivity contribution in [2.45, 2.75) is 38.7 Å². The number of benzene rings is 1. The number of primary amides is 1. The topological polar surface area (TPSA) is 113 Å². The molecule has 1 amide bonds. The smallest absolute Gasteiger partial charge is 0.250 e. The van der Waals surface area contributed by atoms with Crippen LogP contribution in [0.4, 0.5) is 11.4 Å². The van der Waals surface area contributed by atoms with Crippen LogP contribution in [0.3, 0.4) is 0 Å². The van der Waals surface area contributed by atoms with Gasteiger partial charge in [-0.15, -0.1) is 0 Å². The second-order valence-corrected chi connectivity index (χ2v) is 9.05. The fourth-order valence-electron chi connectivity index (χ4n) is 3.57. The molecule has 0 radical (unpaired) electrons. The number of carbonyl (C=O) groups is 1. The number of aliphatic hydroxyl groups is 1. The molecule has 4 N–H and O–H groups in total. The fourth-order valence-corrected chi connectivity index (χ4v) is 4.79. The molecule has 1 aromatic carbocycles. The molecule has 0 aromatic heterocycles. The maximum Gasteiger partial charge on any atom is 0.250 e. The molecule has 7 nitrogen and oxygen atoms in total. The third-order valence-corrected chi connectivity index (χ3v) is 6.58. The summed E-state index contributed by atoms with van der Waals surface area (Å²) in [5.41, 5.74) is 7.17. The zero-order valence-electron chi connectivity index (χ0n) is 14.4. The largest absolute Gasteiger partial charge is 0.392 e. The molecule has 1 atom stereocenters. The Morgan fingerprint density at radius 2 is 1.96 bits per heavy atom. The lowest BCUT2D eigenvalue weighted by Gasteiger charge is -2.36. The number of hydrogen-bond acceptors (Lipinski definition) is 5. The number of carbonyl (C=O) groups excluding carboxylic acids is 1. The van der Waals surface area contributed by atoms with Gasteiger partial charge in [-0.3, -0.25) is 9.52 Å². The van der Waals surface area contributed by atoms with E-state index < -0.39 is 27.8 Å². The van der Waals surface area contributed by atoms with Crippen LogP contribution in [0.15, 0.2) is 18.2 Å². The average Bonchev–Trinajstić information content (AvgIpc) is 3.25. The lowest BCUT2D eigenvalue weighted by atomic mass is 9.93. The number of rotatable bonds is 6. The molecular formula is C17H25N3O4S. The second kappa shape index (κ2) is 6.49. The number of nitrogens with two attached hydrogens (primary N) is 1. The highest BCUT2D eigenvalue weighted by Crippen LogP contribution is 2.54. The van der Waals surface area contributed by atoms with Crippen LogP contribution in [0, 0.1) is 5.41 Å². The molecule has 1 heterocycles. The summed E-state index contributed by atoms with van der Waals surface area (Å²) in [6, 6.07) is 4.85. The number of hydrogen-bond donors (Lipinski definition) is 3. The molecule has 1 aliphatic carbocycles. The first-order valence-electron chi connectivity index (χ1n) is 8.58. The third kappa shape index (κ3) is 4.07. The molecule has 8 heteroatoms. The molecule has 1 aliphatic heterocycles. The maximum atomic E-state index is 12.2. The predicted molar refractivity (Wildman–Crippen MR) is 97.2 cm³/mol. The second-order valence-electron chi connectivity index (χ2n) is 7.29. The van der Waals surface area contributed by atoms with Gasteiger partial charge < -0.3 is 15.7 Å². The van der Waals surface area contributed by atoms with Gasteiger partial charge in [0, 0.05) is 13.1 Å². The van der Waals surface area contributed by atoms with Gasteiger partial charge in [-0.1, -0.05) is 6.07 Å². The standard InChI is InChI=1S/C17H25N3O4S/c1-12(21)11-25(23,24)19-14-4-2-3-13(16(18)22)15(14)20-9-7-17(5-6-17)8-10-20/h2-4,12,19,21H,5-11H2,1H3,(H2,18,22). The predicted octanol–water partition coefficient (Wildman–Crippen LogP) is 1.29. The van der Waals surface area contributed by atoms with Crippen molar-refractivity contribution in [1.82, 2.24) is 0 Å². The van der Waals surface area contributed by atoms with E-state index in [-0.39, 0.29) is 0 Å². The van der Waals surface area contributed by atoms with Crippen LogP contribution in [-0.2, 0) is 10.0 Å². The van der Waals surface area contributed by atoms with Gasteiger partial charge in [0.1, 0.15) is 0 Å². The van der Waals surface area contributed by atoms with Gasteiger partial charge in [0.25, 0.3) is 5.91 Å². The Morgan fingerprint density at radius 3 is 2.48 bits per heavy atom. The SMILES string of the molecule is CC(O)CS(=O)(=O)Nc1cccc(C(N)=O)c1N1CCC2(CC1)CC2. The first kappa shape index (κ1) is 18.0. The van der Waals surface area contributed by atoms with Crippen molar-refractivity contribution >= 4 is 27.3 Å². The molecule has 0 bridgehead atoms. The summed E-state index contributed by atoms with van der Waals surface area (Å²) < 4.78 is 27.0. The molecule has 1 unspecified atom stereocenters. The van der Waals surface area contributed by atoms with E-state index in [2.05, 4.69) is 4.72 Å². The van der Waals surface area contributed by atoms with Gasteiger partial charge in [0.2, 0.25) is 10.0 Å². The number of nitrogens with one attached hydrogen (secondary N) is 1. The summed E-state index contributed by atoms with van der Waals surface area (Å²) in [7, 11) is -3.73. The lowest BCUT2D eigenvalue weighted by Crippen LogP contribution is -2.36. The quantitative estimate of drug-likeness (QED) is 0.701. The molecule has 1 aromatic rings. The first-order chi connectivity index (χ1) is 11.7. The van der Waals surface area contributed by atoms with Gasteiger partial charge in [-0.25, -0.2) is 8.42 Å². The summed E-state index contributed by atoms with van der Waals surface area (Å²) in [5.74, 6) is -0.991. The normalized spacial score (nSPS) is 20.3. The van der Waals surface area contributed by atoms with Crippen LogP contribution < -0.4 is 15.4 Å². The average molecular weight is 367 g/mol. The highest BCUT2D eigenvalue weighted by molar-refractivity contribution is 7.92. The minimum Gasteiger partial charge on any atom is -0.392 e. The molecule has 138 valence electrons. The van der Waals surface area contributed by atoms with E-state index in [1.54, 1.807) is 18.2 Å². The highest BCUT2D eigenvalue weighted by atomic mass is 32.2. The van der Waals surface area contributed by atoms with Crippen molar-refractivity contribution in [1.29, 1.82) is 0 Å². The number of aliphatic hydroxyl groups excluding tert-OH is 1. The summed E-state index contributed by atoms with van der Waals surface area (Å²) in [6.07, 6.45) is 3.61. The van der Waals surface area contributed by atoms with Crippen LogP contribution >= 0.6 is 0 Å². The fraction of sp³-hybridized carbons (Fsp3) is 0.588. The summed E-state index contributed by atoms with van der Waals surface area (Å²) >= 11 is 0. The van der Waals surface area contributed by atoms with E-state index in [0.29, 0.717) is 22.4 Å². The Hall–Kier alpha value is -1.80. The highest BCUT2D eigenvalue weighted by Gasteiger charge is 2.45. The van der Waals surface area contributed by atoms with Crippen molar-refractivity contribution in [3.8, 4) is 0 Å². The third-order valence-electron chi connectivity index (χ3n) is 5.12. The summed E-state index contributed by atoms with van der Waals surface area (Å²) in [6.45, 7) is 2.96. The molecule has 3 rings (SSSR count). The molecule has 25 heavy (non-hydrogen) atoms. The molecule has 1 saturated carbocycles. The van der Waals surface area contributed by atoms with E-state index in [1.807, 2.05) is 4.90 Å². The molecule has 1 saturated heterocycles. The van der Waals surface area contributed by atoms with Crippen molar-refractivity contribution in [2.75, 3.05) is 28.5 Å². The maximum absolute atomic E-state index is 12.2. The zero-order chi connectivity index (χ0) is 18.2. The van der Waals surface area contributed by atoms with Crippen LogP contribution in [0.2, 0.25) is 0 Å². The van der Waals surface area contributed by atoms with Crippen LogP contribution in [0.5, 0.6) is 0 Å². The van der Waals surface area contributed by atoms with E-state index in [4.69, 9.17) is 5.73 Å². The summed E-state index contributed by atoms with van der Waals surface area (Å²) in [5, 5.41) is 9.39. The van der Waals surface area contributed by atoms with Crippen LogP contribution in [0.1, 0.15) is 43.0 Å². The number of anilines is 2. The van der Waals surface area contributed by atoms with Gasteiger partial charge in [0.05, 0.1) is 28.8 Å². The zero-order valence-corrected chi connectivity index (χ0v) is 15.2. The van der Waals surface area contributed by atoms with Crippen LogP contribution in [0.25, 0.3) is 0 Å². The van der Waals surface area contributed by atoms with Crippen LogP contribution in [-0.4, -0.2) is 44.4 Å². The molecule has 2 aliphatic rings. The number of sulfonamides is 1. The Kier molecular flexibility index (Phi) is 4.68. The summed E-state index contributed by atoms with van der Waals surface area (Å²) in [4.78, 5) is 13.9. The Labute approximate surface area is 148 Å². The van der Waals surface area contributed by atoms with E-state index in [9.17, 15) is 18.3 Å². The Balaban J connectivity index is 1.92. The van der Waals surface area contributed by atoms with Gasteiger partial charge in [-0.05, 0) is 50.2 Å². The minimum atomic E-state index is -3.73. The van der Waals surface area contributed by atoms with Gasteiger partial charge in [0.15, 0.2) is 0 Å². The van der Waals surface area contributed by atoms with Gasteiger partial charge >= 0.3 is 0 Å². The van der Waals surface area contributed by atoms with E-state index in [1.165, 1.54) is 19.8 Å². The Bertz CT molecular complexity index is 762. The molecule has 1 spiro atoms. The van der Waals surface area contributed by atoms with Crippen molar-refractivity contribution in [3.63, 3.8) is 0 Å². The van der Waals surface area contributed by atoms with Crippen molar-refractivity contribution in [3.05, 3.63) is 23.8 Å². The minimum absolute atomic E-state index is 0.309. The monoisotopic (exact) mass is 367 g/mol. The van der Waals surface area contributed by atoms with E-state index in [0.717, 1.165) is 25.9 Å². The van der Waals surface area contributed by atoms with Crippen molar-refractivity contribution in [2.24, 2.45) is 11.1 Å². The number of piperidine rings is 1. The number of amides is 1.